The van der Waals surface area contributed by atoms with Gasteiger partial charge in [0.2, 0.25) is 0 Å². The summed E-state index contributed by atoms with van der Waals surface area (Å²) in [4.78, 5) is 0. The van der Waals surface area contributed by atoms with E-state index in [1.807, 2.05) is 13.8 Å². The fraction of sp³-hybridized carbons (Fsp3) is 0.462. The van der Waals surface area contributed by atoms with Crippen molar-refractivity contribution in [2.24, 2.45) is 0 Å². The average Bonchev–Trinajstić information content (AvgIpc) is 2.28. The molecule has 2 atom stereocenters. The zero-order valence-electron chi connectivity index (χ0n) is 10.1. The molecule has 1 aromatic rings. The third-order valence-corrected chi connectivity index (χ3v) is 2.80. The van der Waals surface area contributed by atoms with Crippen LogP contribution < -0.4 is 5.32 Å². The highest BCUT2D eigenvalue weighted by molar-refractivity contribution is 5.40. The molecule has 0 spiro atoms. The lowest BCUT2D eigenvalue weighted by molar-refractivity contribution is 0.414. The van der Waals surface area contributed by atoms with Crippen LogP contribution in [0.4, 0.5) is 0 Å². The Morgan fingerprint density at radius 1 is 1.41 bits per heavy atom. The number of nitrogens with zero attached hydrogens (tertiary/aromatic N) is 1. The fourth-order valence-electron chi connectivity index (χ4n) is 1.77. The van der Waals surface area contributed by atoms with E-state index >= 15 is 0 Å². The summed E-state index contributed by atoms with van der Waals surface area (Å²) in [5.41, 5.74) is 0.721. The second-order valence-corrected chi connectivity index (χ2v) is 4.10. The molecule has 2 unspecified atom stereocenters. The molecule has 0 aliphatic carbocycles. The first-order valence-corrected chi connectivity index (χ1v) is 5.73. The van der Waals surface area contributed by atoms with Crippen LogP contribution in [0.15, 0.2) is 18.2 Å². The first kappa shape index (κ1) is 13.3. The van der Waals surface area contributed by atoms with Crippen molar-refractivity contribution in [2.45, 2.75) is 38.8 Å². The second kappa shape index (κ2) is 6.12. The molecule has 0 aromatic heterocycles. The van der Waals surface area contributed by atoms with E-state index in [2.05, 4.69) is 11.4 Å². The first-order valence-electron chi connectivity index (χ1n) is 5.73. The number of nitrogens with one attached hydrogen (secondary N) is 1. The minimum atomic E-state index is -0.0612. The lowest BCUT2D eigenvalue weighted by atomic mass is 10.0. The summed E-state index contributed by atoms with van der Waals surface area (Å²) < 4.78 is 0. The van der Waals surface area contributed by atoms with E-state index in [0.717, 1.165) is 12.0 Å². The average molecular weight is 234 g/mol. The molecule has 0 heterocycles. The Bertz CT molecular complexity index is 412. The van der Waals surface area contributed by atoms with Gasteiger partial charge in [-0.05, 0) is 19.4 Å². The number of phenols is 2. The van der Waals surface area contributed by atoms with E-state index < -0.39 is 0 Å². The van der Waals surface area contributed by atoms with E-state index in [0.29, 0.717) is 6.42 Å². The van der Waals surface area contributed by atoms with Gasteiger partial charge in [-0.15, -0.1) is 0 Å². The van der Waals surface area contributed by atoms with Crippen LogP contribution in [0.5, 0.6) is 11.5 Å². The highest BCUT2D eigenvalue weighted by Gasteiger charge is 2.14. The maximum absolute atomic E-state index is 9.71. The van der Waals surface area contributed by atoms with Gasteiger partial charge in [0.15, 0.2) is 0 Å². The van der Waals surface area contributed by atoms with Crippen molar-refractivity contribution in [1.82, 2.24) is 5.32 Å². The van der Waals surface area contributed by atoms with Crippen molar-refractivity contribution in [3.05, 3.63) is 23.8 Å². The van der Waals surface area contributed by atoms with Gasteiger partial charge in [-0.1, -0.05) is 13.0 Å². The molecule has 92 valence electrons. The number of nitriles is 1. The van der Waals surface area contributed by atoms with Crippen LogP contribution in [-0.4, -0.2) is 16.3 Å². The van der Waals surface area contributed by atoms with Crippen LogP contribution in [0, 0.1) is 11.3 Å². The van der Waals surface area contributed by atoms with Crippen molar-refractivity contribution in [2.75, 3.05) is 0 Å². The van der Waals surface area contributed by atoms with E-state index in [-0.39, 0.29) is 23.6 Å². The molecule has 0 saturated heterocycles. The van der Waals surface area contributed by atoms with Crippen LogP contribution in [0.25, 0.3) is 0 Å². The monoisotopic (exact) mass is 234 g/mol. The van der Waals surface area contributed by atoms with Gasteiger partial charge in [0.05, 0.1) is 12.5 Å². The van der Waals surface area contributed by atoms with Gasteiger partial charge in [-0.3, -0.25) is 0 Å². The van der Waals surface area contributed by atoms with Gasteiger partial charge in [0.25, 0.3) is 0 Å². The Morgan fingerprint density at radius 2 is 2.12 bits per heavy atom. The predicted octanol–water partition coefficient (Wildman–Crippen LogP) is 2.44. The molecule has 0 fully saturated rings. The predicted molar refractivity (Wildman–Crippen MR) is 65.6 cm³/mol. The van der Waals surface area contributed by atoms with Crippen molar-refractivity contribution in [3.63, 3.8) is 0 Å². The SMILES string of the molecule is CCC(CC#N)NC(C)c1ccc(O)cc1O. The Kier molecular flexibility index (Phi) is 4.80. The van der Waals surface area contributed by atoms with Gasteiger partial charge >= 0.3 is 0 Å². The summed E-state index contributed by atoms with van der Waals surface area (Å²) in [6.45, 7) is 3.94. The standard InChI is InChI=1S/C13H18N2O2/c1-3-10(6-7-14)15-9(2)12-5-4-11(16)8-13(12)17/h4-5,8-10,15-17H,3,6H2,1-2H3. The highest BCUT2D eigenvalue weighted by atomic mass is 16.3. The summed E-state index contributed by atoms with van der Waals surface area (Å²) in [5.74, 6) is 0.110. The summed E-state index contributed by atoms with van der Waals surface area (Å²) in [5, 5.41) is 30.9. The Balaban J connectivity index is 2.75. The molecule has 3 N–H and O–H groups in total. The van der Waals surface area contributed by atoms with Crippen LogP contribution >= 0.6 is 0 Å². The molecule has 1 rings (SSSR count). The van der Waals surface area contributed by atoms with Crippen molar-refractivity contribution in [1.29, 1.82) is 5.26 Å². The minimum absolute atomic E-state index is 0.0440. The molecule has 17 heavy (non-hydrogen) atoms. The quantitative estimate of drug-likeness (QED) is 0.731. The van der Waals surface area contributed by atoms with E-state index in [1.165, 1.54) is 6.07 Å². The van der Waals surface area contributed by atoms with Crippen molar-refractivity contribution < 1.29 is 10.2 Å². The van der Waals surface area contributed by atoms with Crippen LogP contribution in [0.1, 0.15) is 38.3 Å². The maximum Gasteiger partial charge on any atom is 0.124 e. The summed E-state index contributed by atoms with van der Waals surface area (Å²) >= 11 is 0. The van der Waals surface area contributed by atoms with Crippen molar-refractivity contribution in [3.8, 4) is 17.6 Å². The van der Waals surface area contributed by atoms with E-state index in [4.69, 9.17) is 5.26 Å². The largest absolute Gasteiger partial charge is 0.508 e. The molecular formula is C13H18N2O2. The topological polar surface area (TPSA) is 76.3 Å². The third kappa shape index (κ3) is 3.65. The fourth-order valence-corrected chi connectivity index (χ4v) is 1.77. The van der Waals surface area contributed by atoms with Gasteiger partial charge < -0.3 is 15.5 Å². The third-order valence-electron chi connectivity index (χ3n) is 2.80. The van der Waals surface area contributed by atoms with Gasteiger partial charge in [0, 0.05) is 23.7 Å². The second-order valence-electron chi connectivity index (χ2n) is 4.10. The molecule has 4 heteroatoms. The van der Waals surface area contributed by atoms with Gasteiger partial charge in [-0.25, -0.2) is 0 Å². The van der Waals surface area contributed by atoms with Crippen LogP contribution in [-0.2, 0) is 0 Å². The minimum Gasteiger partial charge on any atom is -0.508 e. The Morgan fingerprint density at radius 3 is 2.65 bits per heavy atom. The molecule has 0 aliphatic rings. The van der Waals surface area contributed by atoms with Crippen LogP contribution in [0.3, 0.4) is 0 Å². The smallest absolute Gasteiger partial charge is 0.124 e. The molecule has 0 bridgehead atoms. The molecule has 4 nitrogen and oxygen atoms in total. The molecule has 0 aliphatic heterocycles. The number of phenolic OH excluding ortho intramolecular Hbond substituents is 2. The number of hydrogen-bond donors (Lipinski definition) is 3. The molecule has 0 radical (unpaired) electrons. The maximum atomic E-state index is 9.71. The molecule has 0 amide bonds. The molecular weight excluding hydrogens is 216 g/mol. The zero-order chi connectivity index (χ0) is 12.8. The number of benzene rings is 1. The van der Waals surface area contributed by atoms with Crippen LogP contribution in [0.2, 0.25) is 0 Å². The zero-order valence-corrected chi connectivity index (χ0v) is 10.1. The van der Waals surface area contributed by atoms with Gasteiger partial charge in [-0.2, -0.15) is 5.26 Å². The first-order chi connectivity index (χ1) is 8.08. The summed E-state index contributed by atoms with van der Waals surface area (Å²) in [7, 11) is 0. The number of hydrogen-bond acceptors (Lipinski definition) is 4. The summed E-state index contributed by atoms with van der Waals surface area (Å²) in [6, 6.07) is 6.73. The normalized spacial score (nSPS) is 13.9. The van der Waals surface area contributed by atoms with Gasteiger partial charge in [0.1, 0.15) is 11.5 Å². The Labute approximate surface area is 102 Å². The molecule has 1 aromatic carbocycles. The summed E-state index contributed by atoms with van der Waals surface area (Å²) in [6.07, 6.45) is 1.30. The van der Waals surface area contributed by atoms with E-state index in [9.17, 15) is 10.2 Å². The Hall–Kier alpha value is -1.73. The highest BCUT2D eigenvalue weighted by Crippen LogP contribution is 2.28. The lowest BCUT2D eigenvalue weighted by Gasteiger charge is -2.21. The lowest BCUT2D eigenvalue weighted by Crippen LogP contribution is -2.30. The molecule has 0 saturated carbocycles. The number of aromatic hydroxyl groups is 2. The number of rotatable bonds is 5. The van der Waals surface area contributed by atoms with Crippen molar-refractivity contribution >= 4 is 0 Å². The van der Waals surface area contributed by atoms with E-state index in [1.54, 1.807) is 12.1 Å².